The van der Waals surface area contributed by atoms with Crippen LogP contribution in [-0.2, 0) is 23.9 Å². The zero-order valence-electron chi connectivity index (χ0n) is 22.8. The predicted octanol–water partition coefficient (Wildman–Crippen LogP) is 2.76. The molecule has 0 saturated carbocycles. The van der Waals surface area contributed by atoms with Crippen molar-refractivity contribution in [3.05, 3.63) is 36.9 Å². The van der Waals surface area contributed by atoms with Crippen molar-refractivity contribution in [2.24, 2.45) is 11.8 Å². The van der Waals surface area contributed by atoms with Crippen molar-refractivity contribution in [2.45, 2.75) is 64.2 Å². The van der Waals surface area contributed by atoms with E-state index in [-0.39, 0.29) is 31.6 Å². The van der Waals surface area contributed by atoms with Crippen molar-refractivity contribution in [3.8, 4) is 0 Å². The highest BCUT2D eigenvalue weighted by Crippen LogP contribution is 2.59. The fourth-order valence-electron chi connectivity index (χ4n) is 6.60. The molecule has 1 aromatic carbocycles. The summed E-state index contributed by atoms with van der Waals surface area (Å²) in [6.07, 6.45) is 3.42. The lowest BCUT2D eigenvalue weighted by atomic mass is 9.70. The minimum atomic E-state index is -1.07. The first-order chi connectivity index (χ1) is 18.4. The standard InChI is InChI=1S/C29H41N3O6/c1-5-17-31(21-13-11-20(12-14-21)30(6-2)7-3)27(35)25-29-16-15-22(38-29)23(28(36)37-8-4)24(29)26(34)32(25)18-9-10-19-33/h5,11-14,22-25,33H,1,6-10,15-19H2,2-4H3/t22-,23+,24+,25-,29+/m0/s1. The van der Waals surface area contributed by atoms with Crippen LogP contribution in [0.3, 0.4) is 0 Å². The molecule has 9 nitrogen and oxygen atoms in total. The van der Waals surface area contributed by atoms with E-state index in [1.165, 1.54) is 0 Å². The molecule has 208 valence electrons. The molecule has 3 aliphatic heterocycles. The summed E-state index contributed by atoms with van der Waals surface area (Å²) in [6, 6.07) is 6.97. The number of esters is 1. The Bertz CT molecular complexity index is 1030. The van der Waals surface area contributed by atoms with Crippen LogP contribution >= 0.6 is 0 Å². The quantitative estimate of drug-likeness (QED) is 0.239. The summed E-state index contributed by atoms with van der Waals surface area (Å²) in [5, 5.41) is 9.34. The number of aliphatic hydroxyl groups excluding tert-OH is 1. The Kier molecular flexibility index (Phi) is 8.78. The van der Waals surface area contributed by atoms with Gasteiger partial charge in [0, 0.05) is 44.2 Å². The normalized spacial score (nSPS) is 27.4. The minimum absolute atomic E-state index is 0.000710. The lowest BCUT2D eigenvalue weighted by molar-refractivity contribution is -0.154. The van der Waals surface area contributed by atoms with E-state index in [4.69, 9.17) is 9.47 Å². The average Bonchev–Trinajstić information content (AvgIpc) is 3.56. The Labute approximate surface area is 225 Å². The van der Waals surface area contributed by atoms with Crippen LogP contribution in [0.25, 0.3) is 0 Å². The van der Waals surface area contributed by atoms with Gasteiger partial charge in [-0.15, -0.1) is 6.58 Å². The summed E-state index contributed by atoms with van der Waals surface area (Å²) in [6.45, 7) is 12.4. The van der Waals surface area contributed by atoms with Crippen LogP contribution < -0.4 is 9.80 Å². The van der Waals surface area contributed by atoms with E-state index in [0.29, 0.717) is 37.9 Å². The molecule has 5 atom stereocenters. The van der Waals surface area contributed by atoms with Gasteiger partial charge in [0.25, 0.3) is 5.91 Å². The van der Waals surface area contributed by atoms with Crippen LogP contribution in [0.4, 0.5) is 11.4 Å². The third-order valence-electron chi connectivity index (χ3n) is 8.27. The summed E-state index contributed by atoms with van der Waals surface area (Å²) in [4.78, 5) is 46.7. The Morgan fingerprint density at radius 3 is 2.47 bits per heavy atom. The van der Waals surface area contributed by atoms with E-state index in [2.05, 4.69) is 25.3 Å². The fourth-order valence-corrected chi connectivity index (χ4v) is 6.60. The lowest BCUT2D eigenvalue weighted by Gasteiger charge is -2.37. The van der Waals surface area contributed by atoms with E-state index < -0.39 is 35.6 Å². The molecule has 38 heavy (non-hydrogen) atoms. The molecule has 4 rings (SSSR count). The van der Waals surface area contributed by atoms with Crippen molar-refractivity contribution in [3.63, 3.8) is 0 Å². The molecule has 1 N–H and O–H groups in total. The first-order valence-corrected chi connectivity index (χ1v) is 13.9. The number of anilines is 2. The number of hydrogen-bond donors (Lipinski definition) is 1. The summed E-state index contributed by atoms with van der Waals surface area (Å²) in [5.74, 6) is -2.38. The molecule has 2 bridgehead atoms. The number of nitrogens with zero attached hydrogens (tertiary/aromatic N) is 3. The number of aliphatic hydroxyl groups is 1. The summed E-state index contributed by atoms with van der Waals surface area (Å²) < 4.78 is 11.8. The second-order valence-electron chi connectivity index (χ2n) is 10.2. The number of likely N-dealkylation sites (tertiary alicyclic amines) is 1. The molecule has 3 aliphatic rings. The van der Waals surface area contributed by atoms with Crippen LogP contribution in [0.5, 0.6) is 0 Å². The van der Waals surface area contributed by atoms with Gasteiger partial charge in [0.1, 0.15) is 11.6 Å². The van der Waals surface area contributed by atoms with Crippen molar-refractivity contribution in [2.75, 3.05) is 49.2 Å². The molecular formula is C29H41N3O6. The number of fused-ring (bicyclic) bond motifs is 1. The highest BCUT2D eigenvalue weighted by molar-refractivity contribution is 6.04. The molecule has 0 aliphatic carbocycles. The van der Waals surface area contributed by atoms with Gasteiger partial charge in [-0.1, -0.05) is 6.08 Å². The smallest absolute Gasteiger partial charge is 0.312 e. The maximum atomic E-state index is 14.4. The Hall–Kier alpha value is -2.91. The molecule has 0 unspecified atom stereocenters. The Morgan fingerprint density at radius 2 is 1.87 bits per heavy atom. The highest BCUT2D eigenvalue weighted by Gasteiger charge is 2.75. The molecule has 0 radical (unpaired) electrons. The number of amides is 2. The summed E-state index contributed by atoms with van der Waals surface area (Å²) in [7, 11) is 0. The Balaban J connectivity index is 1.71. The zero-order valence-corrected chi connectivity index (χ0v) is 22.8. The van der Waals surface area contributed by atoms with E-state index >= 15 is 0 Å². The van der Waals surface area contributed by atoms with Crippen LogP contribution in [0.2, 0.25) is 0 Å². The van der Waals surface area contributed by atoms with Gasteiger partial charge in [-0.25, -0.2) is 0 Å². The van der Waals surface area contributed by atoms with Gasteiger partial charge < -0.3 is 29.3 Å². The maximum Gasteiger partial charge on any atom is 0.312 e. The first-order valence-electron chi connectivity index (χ1n) is 13.9. The first kappa shape index (κ1) is 28.1. The van der Waals surface area contributed by atoms with Crippen LogP contribution in [-0.4, -0.2) is 84.9 Å². The minimum Gasteiger partial charge on any atom is -0.466 e. The van der Waals surface area contributed by atoms with Gasteiger partial charge >= 0.3 is 5.97 Å². The SMILES string of the molecule is C=CCN(C(=O)[C@@H]1N(CCCCO)C(=O)[C@H]2[C@H](C(=O)OCC)[C@@H]3CC[C@]12O3)c1ccc(N(CC)CC)cc1. The molecule has 2 amide bonds. The predicted molar refractivity (Wildman–Crippen MR) is 145 cm³/mol. The van der Waals surface area contributed by atoms with Crippen molar-refractivity contribution in [1.29, 1.82) is 0 Å². The summed E-state index contributed by atoms with van der Waals surface area (Å²) >= 11 is 0. The number of carbonyl (C=O) groups is 3. The van der Waals surface area contributed by atoms with Gasteiger partial charge in [-0.3, -0.25) is 14.4 Å². The monoisotopic (exact) mass is 527 g/mol. The molecule has 1 aromatic rings. The third kappa shape index (κ3) is 4.71. The van der Waals surface area contributed by atoms with E-state index in [1.54, 1.807) is 22.8 Å². The van der Waals surface area contributed by atoms with E-state index in [9.17, 15) is 19.5 Å². The largest absolute Gasteiger partial charge is 0.466 e. The van der Waals surface area contributed by atoms with Gasteiger partial charge in [0.05, 0.1) is 24.5 Å². The van der Waals surface area contributed by atoms with Crippen LogP contribution in [0.1, 0.15) is 46.5 Å². The average molecular weight is 528 g/mol. The zero-order chi connectivity index (χ0) is 27.4. The number of hydrogen-bond acceptors (Lipinski definition) is 7. The van der Waals surface area contributed by atoms with Gasteiger partial charge in [-0.2, -0.15) is 0 Å². The van der Waals surface area contributed by atoms with E-state index in [0.717, 1.165) is 18.8 Å². The van der Waals surface area contributed by atoms with Crippen molar-refractivity contribution in [1.82, 2.24) is 4.90 Å². The van der Waals surface area contributed by atoms with Crippen molar-refractivity contribution < 1.29 is 29.0 Å². The fraction of sp³-hybridized carbons (Fsp3) is 0.621. The van der Waals surface area contributed by atoms with Crippen LogP contribution in [0.15, 0.2) is 36.9 Å². The molecule has 1 spiro atoms. The molecule has 3 saturated heterocycles. The van der Waals surface area contributed by atoms with Crippen LogP contribution in [0, 0.1) is 11.8 Å². The van der Waals surface area contributed by atoms with Gasteiger partial charge in [-0.05, 0) is 70.7 Å². The molecule has 3 fully saturated rings. The number of unbranched alkanes of at least 4 members (excludes halogenated alkanes) is 1. The van der Waals surface area contributed by atoms with E-state index in [1.807, 2.05) is 24.3 Å². The Morgan fingerprint density at radius 1 is 1.18 bits per heavy atom. The molecule has 3 heterocycles. The molecule has 9 heteroatoms. The second kappa shape index (κ2) is 11.9. The second-order valence-corrected chi connectivity index (χ2v) is 10.2. The number of benzene rings is 1. The topological polar surface area (TPSA) is 99.6 Å². The van der Waals surface area contributed by atoms with Gasteiger partial charge in [0.15, 0.2) is 0 Å². The van der Waals surface area contributed by atoms with Gasteiger partial charge in [0.2, 0.25) is 5.91 Å². The molecule has 0 aromatic heterocycles. The third-order valence-corrected chi connectivity index (χ3v) is 8.27. The summed E-state index contributed by atoms with van der Waals surface area (Å²) in [5.41, 5.74) is 0.707. The molecular weight excluding hydrogens is 486 g/mol. The maximum absolute atomic E-state index is 14.4. The van der Waals surface area contributed by atoms with Crippen molar-refractivity contribution >= 4 is 29.2 Å². The number of ether oxygens (including phenoxy) is 2. The lowest BCUT2D eigenvalue weighted by Crippen LogP contribution is -2.56. The number of carbonyl (C=O) groups excluding carboxylic acids is 3. The number of rotatable bonds is 13. The highest BCUT2D eigenvalue weighted by atomic mass is 16.6.